The average molecular weight is 370 g/mol. The molecule has 1 heterocycles. The molecule has 7 heteroatoms. The second-order valence-electron chi connectivity index (χ2n) is 4.04. The van der Waals surface area contributed by atoms with Gasteiger partial charge in [-0.2, -0.15) is 0 Å². The number of ether oxygens (including phenoxy) is 1. The summed E-state index contributed by atoms with van der Waals surface area (Å²) in [5.41, 5.74) is 2.11. The first kappa shape index (κ1) is 20.3. The van der Waals surface area contributed by atoms with Crippen molar-refractivity contribution in [1.29, 1.82) is 0 Å². The van der Waals surface area contributed by atoms with Crippen LogP contribution in [0, 0.1) is 0 Å². The van der Waals surface area contributed by atoms with Crippen LogP contribution in [0.1, 0.15) is 11.1 Å². The number of nitrogens with zero attached hydrogens (tertiary/aromatic N) is 1. The van der Waals surface area contributed by atoms with E-state index in [4.69, 9.17) is 27.9 Å². The monoisotopic (exact) mass is 368 g/mol. The van der Waals surface area contributed by atoms with Crippen LogP contribution in [0.4, 0.5) is 0 Å². The molecule has 0 amide bonds. The molecule has 0 aliphatic carbocycles. The number of nitrogens with one attached hydrogen (secondary N) is 1. The highest BCUT2D eigenvalue weighted by molar-refractivity contribution is 6.35. The van der Waals surface area contributed by atoms with Gasteiger partial charge in [0.15, 0.2) is 0 Å². The van der Waals surface area contributed by atoms with Crippen LogP contribution in [0.3, 0.4) is 0 Å². The van der Waals surface area contributed by atoms with Gasteiger partial charge in [0.05, 0.1) is 12.1 Å². The predicted molar refractivity (Wildman–Crippen MR) is 92.3 cm³/mol. The molecule has 1 N–H and O–H groups in total. The smallest absolute Gasteiger partial charge is 0.142 e. The summed E-state index contributed by atoms with van der Waals surface area (Å²) in [7, 11) is 1.60. The molecule has 116 valence electrons. The van der Waals surface area contributed by atoms with Crippen molar-refractivity contribution in [2.45, 2.75) is 13.1 Å². The van der Waals surface area contributed by atoms with E-state index in [9.17, 15) is 0 Å². The summed E-state index contributed by atoms with van der Waals surface area (Å²) in [5, 5.41) is 4.45. The number of halogens is 4. The van der Waals surface area contributed by atoms with Gasteiger partial charge in [-0.05, 0) is 29.8 Å². The van der Waals surface area contributed by atoms with E-state index >= 15 is 0 Å². The van der Waals surface area contributed by atoms with E-state index in [1.54, 1.807) is 25.6 Å². The van der Waals surface area contributed by atoms with Gasteiger partial charge in [-0.1, -0.05) is 23.2 Å². The highest BCUT2D eigenvalue weighted by Crippen LogP contribution is 2.32. The topological polar surface area (TPSA) is 34.1 Å². The SMILES string of the molecule is COc1c(Cl)cc(Cl)cc1CNCc1ccncc1.Cl.Cl. The molecule has 0 saturated carbocycles. The van der Waals surface area contributed by atoms with Crippen LogP contribution in [0.25, 0.3) is 0 Å². The van der Waals surface area contributed by atoms with Crippen molar-refractivity contribution < 1.29 is 4.74 Å². The molecule has 3 nitrogen and oxygen atoms in total. The zero-order valence-electron chi connectivity index (χ0n) is 11.3. The molecule has 1 aromatic carbocycles. The van der Waals surface area contributed by atoms with Crippen molar-refractivity contribution in [3.63, 3.8) is 0 Å². The second-order valence-corrected chi connectivity index (χ2v) is 4.88. The molecule has 0 radical (unpaired) electrons. The highest BCUT2D eigenvalue weighted by atomic mass is 35.5. The molecule has 0 bridgehead atoms. The number of pyridine rings is 1. The van der Waals surface area contributed by atoms with E-state index in [0.29, 0.717) is 22.3 Å². The quantitative estimate of drug-likeness (QED) is 0.840. The Bertz CT molecular complexity index is 552. The summed E-state index contributed by atoms with van der Waals surface area (Å²) in [6, 6.07) is 7.46. The van der Waals surface area contributed by atoms with Crippen molar-refractivity contribution in [1.82, 2.24) is 10.3 Å². The Morgan fingerprint density at radius 2 is 1.76 bits per heavy atom. The normalized spacial score (nSPS) is 9.48. The zero-order chi connectivity index (χ0) is 13.7. The first-order chi connectivity index (χ1) is 9.20. The van der Waals surface area contributed by atoms with Gasteiger partial charge in [0, 0.05) is 36.1 Å². The number of hydrogen-bond acceptors (Lipinski definition) is 3. The Hall–Kier alpha value is -0.710. The van der Waals surface area contributed by atoms with Crippen LogP contribution in [0.5, 0.6) is 5.75 Å². The summed E-state index contributed by atoms with van der Waals surface area (Å²) in [6.45, 7) is 1.38. The van der Waals surface area contributed by atoms with Crippen LogP contribution in [0.2, 0.25) is 10.0 Å². The lowest BCUT2D eigenvalue weighted by atomic mass is 10.2. The van der Waals surface area contributed by atoms with Crippen molar-refractivity contribution in [3.8, 4) is 5.75 Å². The molecule has 0 spiro atoms. The van der Waals surface area contributed by atoms with Gasteiger partial charge in [-0.3, -0.25) is 4.98 Å². The van der Waals surface area contributed by atoms with Crippen LogP contribution < -0.4 is 10.1 Å². The number of methoxy groups -OCH3 is 1. The highest BCUT2D eigenvalue weighted by Gasteiger charge is 2.09. The minimum absolute atomic E-state index is 0. The number of aromatic nitrogens is 1. The first-order valence-corrected chi connectivity index (χ1v) is 6.58. The number of rotatable bonds is 5. The largest absolute Gasteiger partial charge is 0.495 e. The Morgan fingerprint density at radius 1 is 1.10 bits per heavy atom. The fourth-order valence-corrected chi connectivity index (χ4v) is 2.43. The second kappa shape index (κ2) is 10.1. The lowest BCUT2D eigenvalue weighted by Gasteiger charge is -2.12. The van der Waals surface area contributed by atoms with E-state index in [1.807, 2.05) is 18.2 Å². The molecule has 0 saturated heterocycles. The van der Waals surface area contributed by atoms with Crippen LogP contribution >= 0.6 is 48.0 Å². The van der Waals surface area contributed by atoms with Crippen molar-refractivity contribution >= 4 is 48.0 Å². The van der Waals surface area contributed by atoms with Crippen molar-refractivity contribution in [3.05, 3.63) is 57.8 Å². The Kier molecular flexibility index (Phi) is 9.75. The van der Waals surface area contributed by atoms with E-state index in [2.05, 4.69) is 10.3 Å². The van der Waals surface area contributed by atoms with Crippen molar-refractivity contribution in [2.75, 3.05) is 7.11 Å². The molecular weight excluding hydrogens is 354 g/mol. The molecule has 0 fully saturated rings. The van der Waals surface area contributed by atoms with Crippen LogP contribution in [-0.2, 0) is 13.1 Å². The van der Waals surface area contributed by atoms with Gasteiger partial charge in [0.2, 0.25) is 0 Å². The predicted octanol–water partition coefficient (Wildman–Crippen LogP) is 4.53. The Balaban J connectivity index is 0.00000200. The maximum Gasteiger partial charge on any atom is 0.142 e. The zero-order valence-corrected chi connectivity index (χ0v) is 14.5. The number of benzene rings is 1. The lowest BCUT2D eigenvalue weighted by molar-refractivity contribution is 0.408. The lowest BCUT2D eigenvalue weighted by Crippen LogP contribution is -2.13. The standard InChI is InChI=1S/C14H14Cl2N2O.2ClH/c1-19-14-11(6-12(15)7-13(14)16)9-18-8-10-2-4-17-5-3-10;;/h2-7,18H,8-9H2,1H3;2*1H. The number of hydrogen-bond donors (Lipinski definition) is 1. The van der Waals surface area contributed by atoms with E-state index < -0.39 is 0 Å². The maximum atomic E-state index is 6.09. The van der Waals surface area contributed by atoms with E-state index in [-0.39, 0.29) is 24.8 Å². The van der Waals surface area contributed by atoms with Crippen LogP contribution in [-0.4, -0.2) is 12.1 Å². The summed E-state index contributed by atoms with van der Waals surface area (Å²) < 4.78 is 5.29. The summed E-state index contributed by atoms with van der Waals surface area (Å²) in [5.74, 6) is 0.660. The summed E-state index contributed by atoms with van der Waals surface area (Å²) in [4.78, 5) is 3.98. The fraction of sp³-hybridized carbons (Fsp3) is 0.214. The van der Waals surface area contributed by atoms with Gasteiger partial charge in [0.1, 0.15) is 5.75 Å². The van der Waals surface area contributed by atoms with E-state index in [1.165, 1.54) is 5.56 Å². The van der Waals surface area contributed by atoms with Gasteiger partial charge >= 0.3 is 0 Å². The molecule has 0 aliphatic heterocycles. The third-order valence-electron chi connectivity index (χ3n) is 2.68. The van der Waals surface area contributed by atoms with Gasteiger partial charge in [-0.25, -0.2) is 0 Å². The van der Waals surface area contributed by atoms with Gasteiger partial charge < -0.3 is 10.1 Å². The molecule has 21 heavy (non-hydrogen) atoms. The van der Waals surface area contributed by atoms with Crippen LogP contribution in [0.15, 0.2) is 36.7 Å². The molecule has 2 aromatic rings. The Morgan fingerprint density at radius 3 is 2.38 bits per heavy atom. The average Bonchev–Trinajstić information content (AvgIpc) is 2.39. The van der Waals surface area contributed by atoms with Gasteiger partial charge in [0.25, 0.3) is 0 Å². The maximum absolute atomic E-state index is 6.09. The molecule has 0 aliphatic rings. The minimum atomic E-state index is 0. The molecule has 0 unspecified atom stereocenters. The van der Waals surface area contributed by atoms with Gasteiger partial charge in [-0.15, -0.1) is 24.8 Å². The third-order valence-corrected chi connectivity index (χ3v) is 3.18. The molecule has 0 atom stereocenters. The molecular formula is C14H16Cl4N2O. The Labute approximate surface area is 146 Å². The fourth-order valence-electron chi connectivity index (χ4n) is 1.82. The summed E-state index contributed by atoms with van der Waals surface area (Å²) >= 11 is 12.1. The van der Waals surface area contributed by atoms with Crippen molar-refractivity contribution in [2.24, 2.45) is 0 Å². The molecule has 2 rings (SSSR count). The third kappa shape index (κ3) is 5.89. The summed E-state index contributed by atoms with van der Waals surface area (Å²) in [6.07, 6.45) is 3.54. The molecule has 1 aromatic heterocycles. The first-order valence-electron chi connectivity index (χ1n) is 5.82. The van der Waals surface area contributed by atoms with E-state index in [0.717, 1.165) is 12.1 Å². The minimum Gasteiger partial charge on any atom is -0.495 e.